The van der Waals surface area contributed by atoms with Gasteiger partial charge in [0.1, 0.15) is 13.2 Å². The molecule has 1 atom stereocenters. The van der Waals surface area contributed by atoms with Crippen molar-refractivity contribution in [2.45, 2.75) is 451 Å². The van der Waals surface area contributed by atoms with Crippen LogP contribution in [0.5, 0.6) is 0 Å². The summed E-state index contributed by atoms with van der Waals surface area (Å²) in [4.78, 5) is 38.5. The minimum absolute atomic E-state index is 0.0655. The van der Waals surface area contributed by atoms with Crippen molar-refractivity contribution in [2.75, 3.05) is 13.2 Å². The van der Waals surface area contributed by atoms with Crippen molar-refractivity contribution in [3.05, 3.63) is 12.2 Å². The Bertz CT molecular complexity index is 1300. The van der Waals surface area contributed by atoms with Crippen molar-refractivity contribution in [2.24, 2.45) is 0 Å². The van der Waals surface area contributed by atoms with Crippen molar-refractivity contribution in [3.8, 4) is 0 Å². The summed E-state index contributed by atoms with van der Waals surface area (Å²) in [5.41, 5.74) is 0. The average Bonchev–Trinajstić information content (AvgIpc) is 3.49. The summed E-state index contributed by atoms with van der Waals surface area (Å²) in [6.07, 6.45) is 88.5. The smallest absolute Gasteiger partial charge is 0.306 e. The number of hydrogen-bond acceptors (Lipinski definition) is 6. The number of unbranched alkanes of at least 4 members (excludes halogenated alkanes) is 59. The fourth-order valence-corrected chi connectivity index (χ4v) is 12.0. The third-order valence-corrected chi connectivity index (χ3v) is 17.8. The first kappa shape index (κ1) is 81.2. The first-order valence-electron chi connectivity index (χ1n) is 38.2. The fourth-order valence-electron chi connectivity index (χ4n) is 12.0. The minimum atomic E-state index is -0.770. The molecule has 0 spiro atoms. The predicted octanol–water partition coefficient (Wildman–Crippen LogP) is 26.3. The standard InChI is InChI=1S/C77H148O6/c1-4-7-10-13-16-19-22-25-27-29-31-33-34-35-36-37-38-39-40-41-42-44-45-47-49-52-55-58-61-64-67-70-76(79)82-73-74(72-81-75(78)69-66-63-60-57-54-51-24-21-18-15-12-9-6-3)83-77(80)71-68-65-62-59-56-53-50-48-46-43-32-30-28-26-23-20-17-14-11-8-5-2/h21,24,74H,4-20,22-23,25-73H2,1-3H3/b24-21-. The Morgan fingerprint density at radius 2 is 0.398 bits per heavy atom. The van der Waals surface area contributed by atoms with Gasteiger partial charge in [0.2, 0.25) is 0 Å². The van der Waals surface area contributed by atoms with Crippen LogP contribution >= 0.6 is 0 Å². The third kappa shape index (κ3) is 70.8. The molecule has 492 valence electrons. The van der Waals surface area contributed by atoms with Gasteiger partial charge in [0.15, 0.2) is 6.10 Å². The summed E-state index contributed by atoms with van der Waals surface area (Å²) in [7, 11) is 0. The lowest BCUT2D eigenvalue weighted by Gasteiger charge is -2.18. The molecule has 0 N–H and O–H groups in total. The molecule has 6 nitrogen and oxygen atoms in total. The summed E-state index contributed by atoms with van der Waals surface area (Å²) < 4.78 is 17.0. The van der Waals surface area contributed by atoms with Gasteiger partial charge < -0.3 is 14.2 Å². The van der Waals surface area contributed by atoms with Gasteiger partial charge in [-0.1, -0.05) is 392 Å². The van der Waals surface area contributed by atoms with Gasteiger partial charge in [-0.25, -0.2) is 0 Å². The quantitative estimate of drug-likeness (QED) is 0.0261. The van der Waals surface area contributed by atoms with Crippen LogP contribution in [0, 0.1) is 0 Å². The largest absolute Gasteiger partial charge is 0.462 e. The van der Waals surface area contributed by atoms with Crippen molar-refractivity contribution >= 4 is 17.9 Å². The van der Waals surface area contributed by atoms with Crippen molar-refractivity contribution < 1.29 is 28.6 Å². The molecule has 0 rings (SSSR count). The fraction of sp³-hybridized carbons (Fsp3) is 0.935. The zero-order valence-corrected chi connectivity index (χ0v) is 56.8. The Hall–Kier alpha value is -1.85. The number of ether oxygens (including phenoxy) is 3. The highest BCUT2D eigenvalue weighted by Crippen LogP contribution is 2.20. The van der Waals surface area contributed by atoms with E-state index in [1.807, 2.05) is 0 Å². The summed E-state index contributed by atoms with van der Waals surface area (Å²) in [6, 6.07) is 0. The van der Waals surface area contributed by atoms with Gasteiger partial charge in [-0.3, -0.25) is 14.4 Å². The van der Waals surface area contributed by atoms with E-state index in [9.17, 15) is 14.4 Å². The van der Waals surface area contributed by atoms with Crippen LogP contribution in [0.3, 0.4) is 0 Å². The molecule has 0 radical (unpaired) electrons. The molecule has 0 amide bonds. The summed E-state index contributed by atoms with van der Waals surface area (Å²) >= 11 is 0. The highest BCUT2D eigenvalue weighted by Gasteiger charge is 2.20. The van der Waals surface area contributed by atoms with Crippen LogP contribution in [0.25, 0.3) is 0 Å². The summed E-state index contributed by atoms with van der Waals surface area (Å²) in [5.74, 6) is -0.837. The number of carbonyl (C=O) groups is 3. The van der Waals surface area contributed by atoms with Gasteiger partial charge in [0.05, 0.1) is 0 Å². The minimum Gasteiger partial charge on any atom is -0.462 e. The van der Waals surface area contributed by atoms with Gasteiger partial charge in [0, 0.05) is 19.3 Å². The van der Waals surface area contributed by atoms with Crippen LogP contribution in [0.2, 0.25) is 0 Å². The van der Waals surface area contributed by atoms with Crippen LogP contribution in [0.4, 0.5) is 0 Å². The van der Waals surface area contributed by atoms with E-state index in [4.69, 9.17) is 14.2 Å². The normalized spacial score (nSPS) is 12.0. The van der Waals surface area contributed by atoms with Gasteiger partial charge in [-0.15, -0.1) is 0 Å². The molecule has 0 aliphatic carbocycles. The molecule has 0 aromatic heterocycles. The van der Waals surface area contributed by atoms with Crippen LogP contribution in [-0.4, -0.2) is 37.2 Å². The zero-order chi connectivity index (χ0) is 59.9. The predicted molar refractivity (Wildman–Crippen MR) is 363 cm³/mol. The van der Waals surface area contributed by atoms with E-state index >= 15 is 0 Å². The number of hydrogen-bond donors (Lipinski definition) is 0. The van der Waals surface area contributed by atoms with Gasteiger partial charge >= 0.3 is 17.9 Å². The Morgan fingerprint density at radius 1 is 0.229 bits per heavy atom. The van der Waals surface area contributed by atoms with E-state index in [1.165, 1.54) is 340 Å². The molecule has 0 heterocycles. The maximum Gasteiger partial charge on any atom is 0.306 e. The zero-order valence-electron chi connectivity index (χ0n) is 56.8. The van der Waals surface area contributed by atoms with Gasteiger partial charge in [-0.2, -0.15) is 0 Å². The van der Waals surface area contributed by atoms with Gasteiger partial charge in [0.25, 0.3) is 0 Å². The molecule has 0 aromatic carbocycles. The van der Waals surface area contributed by atoms with Crippen molar-refractivity contribution in [1.29, 1.82) is 0 Å². The first-order chi connectivity index (χ1) is 41.0. The maximum atomic E-state index is 13.0. The number of allylic oxidation sites excluding steroid dienone is 2. The average molecular weight is 1170 g/mol. The van der Waals surface area contributed by atoms with Crippen LogP contribution < -0.4 is 0 Å². The lowest BCUT2D eigenvalue weighted by atomic mass is 10.0. The Labute approximate surface area is 520 Å². The Kier molecular flexibility index (Phi) is 71.0. The second-order valence-electron chi connectivity index (χ2n) is 26.3. The molecule has 0 aromatic rings. The summed E-state index contributed by atoms with van der Waals surface area (Å²) in [5, 5.41) is 0. The molecule has 0 aliphatic rings. The highest BCUT2D eigenvalue weighted by molar-refractivity contribution is 5.71. The van der Waals surface area contributed by atoms with E-state index in [0.717, 1.165) is 64.2 Å². The van der Waals surface area contributed by atoms with Crippen LogP contribution in [0.1, 0.15) is 445 Å². The molecule has 1 unspecified atom stereocenters. The van der Waals surface area contributed by atoms with E-state index in [2.05, 4.69) is 32.9 Å². The lowest BCUT2D eigenvalue weighted by Crippen LogP contribution is -2.30. The SMILES string of the molecule is CCCCCC/C=C\CCCCCCCC(=O)OCC(COC(=O)CCCCCCCCCCCCCCCCCCCCCCCCCCCCCCCCC)OC(=O)CCCCCCCCCCCCCCCCCCCCCCC. The molecule has 0 saturated carbocycles. The molecule has 0 aliphatic heterocycles. The molecule has 0 bridgehead atoms. The number of esters is 3. The molecule has 83 heavy (non-hydrogen) atoms. The van der Waals surface area contributed by atoms with E-state index in [-0.39, 0.29) is 31.1 Å². The number of rotatable bonds is 72. The topological polar surface area (TPSA) is 78.9 Å². The molecule has 0 fully saturated rings. The van der Waals surface area contributed by atoms with Gasteiger partial charge in [-0.05, 0) is 44.9 Å². The van der Waals surface area contributed by atoms with Crippen LogP contribution in [0.15, 0.2) is 12.2 Å². The lowest BCUT2D eigenvalue weighted by molar-refractivity contribution is -0.167. The Morgan fingerprint density at radius 3 is 0.614 bits per heavy atom. The van der Waals surface area contributed by atoms with Crippen molar-refractivity contribution in [3.63, 3.8) is 0 Å². The second-order valence-corrected chi connectivity index (χ2v) is 26.3. The van der Waals surface area contributed by atoms with E-state index in [0.29, 0.717) is 19.3 Å². The van der Waals surface area contributed by atoms with Crippen LogP contribution in [-0.2, 0) is 28.6 Å². The molecule has 0 saturated heterocycles. The number of carbonyl (C=O) groups excluding carboxylic acids is 3. The summed E-state index contributed by atoms with van der Waals surface area (Å²) in [6.45, 7) is 6.72. The molecule has 6 heteroatoms. The van der Waals surface area contributed by atoms with E-state index in [1.54, 1.807) is 0 Å². The monoisotopic (exact) mass is 1170 g/mol. The third-order valence-electron chi connectivity index (χ3n) is 17.8. The van der Waals surface area contributed by atoms with Crippen molar-refractivity contribution in [1.82, 2.24) is 0 Å². The molecular formula is C77H148O6. The first-order valence-corrected chi connectivity index (χ1v) is 38.2. The molecular weight excluding hydrogens is 1020 g/mol. The van der Waals surface area contributed by atoms with E-state index < -0.39 is 6.10 Å². The highest BCUT2D eigenvalue weighted by atomic mass is 16.6. The second kappa shape index (κ2) is 72.6. The Balaban J connectivity index is 4.12. The maximum absolute atomic E-state index is 13.0.